The van der Waals surface area contributed by atoms with Gasteiger partial charge in [-0.25, -0.2) is 4.39 Å². The molecule has 2 amide bonds. The third-order valence-corrected chi connectivity index (χ3v) is 3.70. The van der Waals surface area contributed by atoms with Crippen molar-refractivity contribution in [2.75, 3.05) is 20.1 Å². The van der Waals surface area contributed by atoms with E-state index >= 15 is 0 Å². The standard InChI is InChI=1S/C15H20FN3O2/c1-10-3-4-11(7-12(10)16)9-18-14(20)8-13-15(21)17-5-6-19(13)2/h3-4,7,13H,5-6,8-9H2,1-2H3,(H,17,21)(H,18,20). The molecule has 0 radical (unpaired) electrons. The fourth-order valence-electron chi connectivity index (χ4n) is 2.27. The summed E-state index contributed by atoms with van der Waals surface area (Å²) in [6, 6.07) is 4.43. The highest BCUT2D eigenvalue weighted by molar-refractivity contribution is 5.88. The topological polar surface area (TPSA) is 61.4 Å². The van der Waals surface area contributed by atoms with Gasteiger partial charge in [-0.3, -0.25) is 14.5 Å². The summed E-state index contributed by atoms with van der Waals surface area (Å²) in [5.41, 5.74) is 1.28. The van der Waals surface area contributed by atoms with E-state index in [0.717, 1.165) is 6.54 Å². The molecule has 1 aromatic rings. The number of nitrogens with one attached hydrogen (secondary N) is 2. The van der Waals surface area contributed by atoms with Crippen LogP contribution in [-0.4, -0.2) is 42.9 Å². The number of rotatable bonds is 4. The molecule has 2 N–H and O–H groups in total. The Morgan fingerprint density at radius 3 is 2.95 bits per heavy atom. The number of benzene rings is 1. The lowest BCUT2D eigenvalue weighted by atomic mass is 10.1. The molecule has 0 aliphatic carbocycles. The molecule has 1 atom stereocenters. The zero-order valence-corrected chi connectivity index (χ0v) is 12.3. The Morgan fingerprint density at radius 1 is 1.52 bits per heavy atom. The smallest absolute Gasteiger partial charge is 0.237 e. The van der Waals surface area contributed by atoms with Crippen LogP contribution in [0, 0.1) is 12.7 Å². The summed E-state index contributed by atoms with van der Waals surface area (Å²) in [7, 11) is 1.83. The molecule has 1 heterocycles. The van der Waals surface area contributed by atoms with Crippen LogP contribution in [0.25, 0.3) is 0 Å². The van der Waals surface area contributed by atoms with E-state index in [1.165, 1.54) is 6.07 Å². The largest absolute Gasteiger partial charge is 0.353 e. The number of likely N-dealkylation sites (N-methyl/N-ethyl adjacent to an activating group) is 1. The molecule has 1 aliphatic rings. The summed E-state index contributed by atoms with van der Waals surface area (Å²) in [6.45, 7) is 3.28. The van der Waals surface area contributed by atoms with Gasteiger partial charge in [0.25, 0.3) is 0 Å². The van der Waals surface area contributed by atoms with Gasteiger partial charge in [-0.15, -0.1) is 0 Å². The molecule has 21 heavy (non-hydrogen) atoms. The molecule has 0 spiro atoms. The second-order valence-electron chi connectivity index (χ2n) is 5.35. The SMILES string of the molecule is Cc1ccc(CNC(=O)CC2C(=O)NCCN2C)cc1F. The number of amides is 2. The highest BCUT2D eigenvalue weighted by Gasteiger charge is 2.28. The number of halogens is 1. The van der Waals surface area contributed by atoms with E-state index in [1.807, 2.05) is 11.9 Å². The van der Waals surface area contributed by atoms with Crippen LogP contribution in [-0.2, 0) is 16.1 Å². The van der Waals surface area contributed by atoms with Crippen molar-refractivity contribution in [1.82, 2.24) is 15.5 Å². The van der Waals surface area contributed by atoms with Gasteiger partial charge in [-0.05, 0) is 31.2 Å². The minimum Gasteiger partial charge on any atom is -0.353 e. The second-order valence-corrected chi connectivity index (χ2v) is 5.35. The van der Waals surface area contributed by atoms with Gasteiger partial charge >= 0.3 is 0 Å². The average molecular weight is 293 g/mol. The van der Waals surface area contributed by atoms with E-state index in [9.17, 15) is 14.0 Å². The van der Waals surface area contributed by atoms with Crippen molar-refractivity contribution >= 4 is 11.8 Å². The molecule has 2 rings (SSSR count). The van der Waals surface area contributed by atoms with Gasteiger partial charge in [0, 0.05) is 19.6 Å². The molecule has 0 bridgehead atoms. The molecular weight excluding hydrogens is 273 g/mol. The lowest BCUT2D eigenvalue weighted by Gasteiger charge is -2.31. The number of carbonyl (C=O) groups is 2. The Hall–Kier alpha value is -1.95. The average Bonchev–Trinajstić information content (AvgIpc) is 2.44. The Balaban J connectivity index is 1.86. The van der Waals surface area contributed by atoms with Gasteiger partial charge in [0.2, 0.25) is 11.8 Å². The summed E-state index contributed by atoms with van der Waals surface area (Å²) in [5, 5.41) is 5.47. The van der Waals surface area contributed by atoms with Crippen LogP contribution in [0.3, 0.4) is 0 Å². The van der Waals surface area contributed by atoms with Gasteiger partial charge in [-0.2, -0.15) is 0 Å². The molecule has 1 fully saturated rings. The number of hydrogen-bond acceptors (Lipinski definition) is 3. The van der Waals surface area contributed by atoms with Crippen LogP contribution in [0.15, 0.2) is 18.2 Å². The highest BCUT2D eigenvalue weighted by atomic mass is 19.1. The van der Waals surface area contributed by atoms with Crippen molar-refractivity contribution in [3.05, 3.63) is 35.1 Å². The number of hydrogen-bond donors (Lipinski definition) is 2. The predicted molar refractivity (Wildman–Crippen MR) is 77.0 cm³/mol. The maximum absolute atomic E-state index is 13.4. The third-order valence-electron chi connectivity index (χ3n) is 3.70. The first-order chi connectivity index (χ1) is 9.97. The Labute approximate surface area is 123 Å². The molecule has 114 valence electrons. The van der Waals surface area contributed by atoms with E-state index in [2.05, 4.69) is 10.6 Å². The van der Waals surface area contributed by atoms with Crippen LogP contribution in [0.4, 0.5) is 4.39 Å². The fraction of sp³-hybridized carbons (Fsp3) is 0.467. The number of carbonyl (C=O) groups excluding carboxylic acids is 2. The lowest BCUT2D eigenvalue weighted by Crippen LogP contribution is -2.54. The number of nitrogens with zero attached hydrogens (tertiary/aromatic N) is 1. The molecular formula is C15H20FN3O2. The second kappa shape index (κ2) is 6.67. The van der Waals surface area contributed by atoms with Gasteiger partial charge in [0.15, 0.2) is 0 Å². The molecule has 0 aromatic heterocycles. The third kappa shape index (κ3) is 4.01. The Bertz CT molecular complexity index is 548. The first-order valence-electron chi connectivity index (χ1n) is 6.97. The van der Waals surface area contributed by atoms with Gasteiger partial charge in [0.1, 0.15) is 5.82 Å². The van der Waals surface area contributed by atoms with Crippen molar-refractivity contribution in [3.8, 4) is 0 Å². The van der Waals surface area contributed by atoms with Gasteiger partial charge in [0.05, 0.1) is 12.5 Å². The summed E-state index contributed by atoms with van der Waals surface area (Å²) in [6.07, 6.45) is 0.108. The predicted octanol–water partition coefficient (Wildman–Crippen LogP) is 0.571. The first-order valence-corrected chi connectivity index (χ1v) is 6.97. The molecule has 1 aliphatic heterocycles. The normalized spacial score (nSPS) is 19.2. The van der Waals surface area contributed by atoms with Gasteiger partial charge in [-0.1, -0.05) is 12.1 Å². The van der Waals surface area contributed by atoms with Crippen molar-refractivity contribution in [2.24, 2.45) is 0 Å². The van der Waals surface area contributed by atoms with Crippen molar-refractivity contribution in [3.63, 3.8) is 0 Å². The Kier molecular flexibility index (Phi) is 4.90. The van der Waals surface area contributed by atoms with E-state index in [-0.39, 0.29) is 30.6 Å². The number of aryl methyl sites for hydroxylation is 1. The monoisotopic (exact) mass is 293 g/mol. The van der Waals surface area contributed by atoms with Crippen LogP contribution in [0.2, 0.25) is 0 Å². The maximum atomic E-state index is 13.4. The van der Waals surface area contributed by atoms with E-state index in [1.54, 1.807) is 19.1 Å². The quantitative estimate of drug-likeness (QED) is 0.853. The summed E-state index contributed by atoms with van der Waals surface area (Å²) in [5.74, 6) is -0.627. The minimum absolute atomic E-state index is 0.108. The molecule has 1 saturated heterocycles. The molecule has 5 nitrogen and oxygen atoms in total. The molecule has 6 heteroatoms. The molecule has 0 saturated carbocycles. The van der Waals surface area contributed by atoms with E-state index < -0.39 is 6.04 Å². The van der Waals surface area contributed by atoms with Crippen LogP contribution in [0.5, 0.6) is 0 Å². The summed E-state index contributed by atoms with van der Waals surface area (Å²) in [4.78, 5) is 25.5. The molecule has 1 aromatic carbocycles. The van der Waals surface area contributed by atoms with Crippen LogP contribution >= 0.6 is 0 Å². The van der Waals surface area contributed by atoms with Crippen molar-refractivity contribution in [1.29, 1.82) is 0 Å². The first kappa shape index (κ1) is 15.4. The maximum Gasteiger partial charge on any atom is 0.237 e. The Morgan fingerprint density at radius 2 is 2.29 bits per heavy atom. The fourth-order valence-corrected chi connectivity index (χ4v) is 2.27. The van der Waals surface area contributed by atoms with Crippen molar-refractivity contribution in [2.45, 2.75) is 25.9 Å². The molecule has 1 unspecified atom stereocenters. The van der Waals surface area contributed by atoms with E-state index in [4.69, 9.17) is 0 Å². The summed E-state index contributed by atoms with van der Waals surface area (Å²) < 4.78 is 13.4. The van der Waals surface area contributed by atoms with Gasteiger partial charge < -0.3 is 10.6 Å². The highest BCUT2D eigenvalue weighted by Crippen LogP contribution is 2.10. The summed E-state index contributed by atoms with van der Waals surface area (Å²) >= 11 is 0. The van der Waals surface area contributed by atoms with Crippen LogP contribution < -0.4 is 10.6 Å². The van der Waals surface area contributed by atoms with Crippen molar-refractivity contribution < 1.29 is 14.0 Å². The zero-order chi connectivity index (χ0) is 15.4. The lowest BCUT2D eigenvalue weighted by molar-refractivity contribution is -0.133. The minimum atomic E-state index is -0.437. The van der Waals surface area contributed by atoms with E-state index in [0.29, 0.717) is 17.7 Å². The zero-order valence-electron chi connectivity index (χ0n) is 12.3. The van der Waals surface area contributed by atoms with Crippen LogP contribution in [0.1, 0.15) is 17.5 Å². The number of piperazine rings is 1.